The van der Waals surface area contributed by atoms with Crippen molar-refractivity contribution >= 4 is 74.4 Å². The van der Waals surface area contributed by atoms with E-state index in [2.05, 4.69) is 21.2 Å². The molecule has 1 saturated heterocycles. The zero-order valence-corrected chi connectivity index (χ0v) is 21.1. The van der Waals surface area contributed by atoms with Crippen molar-refractivity contribution in [2.24, 2.45) is 0 Å². The molecule has 0 unspecified atom stereocenters. The number of hydrogen-bond acceptors (Lipinski definition) is 4. The van der Waals surface area contributed by atoms with Crippen LogP contribution < -0.4 is 10.2 Å². The van der Waals surface area contributed by atoms with Crippen molar-refractivity contribution < 1.29 is 19.5 Å². The fraction of sp³-hybridized carbons (Fsp3) is 0.0833. The van der Waals surface area contributed by atoms with Crippen LogP contribution in [0.1, 0.15) is 27.3 Å². The van der Waals surface area contributed by atoms with Crippen LogP contribution in [0.2, 0.25) is 5.02 Å². The zero-order chi connectivity index (χ0) is 24.7. The zero-order valence-electron chi connectivity index (χ0n) is 17.9. The molecule has 34 heavy (non-hydrogen) atoms. The van der Waals surface area contributed by atoms with E-state index in [0.29, 0.717) is 22.6 Å². The number of thiocarbonyl (C=S) groups is 1. The molecule has 0 bridgehead atoms. The van der Waals surface area contributed by atoms with Gasteiger partial charge in [-0.1, -0.05) is 33.6 Å². The Hall–Kier alpha value is -3.27. The van der Waals surface area contributed by atoms with Gasteiger partial charge in [-0.05, 0) is 80.2 Å². The molecule has 2 aromatic carbocycles. The third-order valence-corrected chi connectivity index (χ3v) is 6.48. The first-order valence-corrected chi connectivity index (χ1v) is 11.6. The number of nitrogens with one attached hydrogen (secondary N) is 1. The van der Waals surface area contributed by atoms with Crippen molar-refractivity contribution in [3.8, 4) is 5.69 Å². The van der Waals surface area contributed by atoms with E-state index < -0.39 is 17.8 Å². The molecule has 1 aliphatic heterocycles. The van der Waals surface area contributed by atoms with Gasteiger partial charge in [-0.3, -0.25) is 19.8 Å². The predicted octanol–water partition coefficient (Wildman–Crippen LogP) is 5.04. The molecule has 1 fully saturated rings. The Balaban J connectivity index is 1.78. The summed E-state index contributed by atoms with van der Waals surface area (Å²) >= 11 is 14.6. The SMILES string of the molecule is Cc1cc(/C=C2/C(=O)NC(=S)N(c3cccc(Br)c3)C2=O)c(C)n1-c1ccc(Cl)c(C(=O)O)c1. The van der Waals surface area contributed by atoms with Crippen LogP contribution in [-0.4, -0.2) is 32.6 Å². The number of hydrogen-bond donors (Lipinski definition) is 2. The molecule has 172 valence electrons. The predicted molar refractivity (Wildman–Crippen MR) is 138 cm³/mol. The Bertz CT molecular complexity index is 1430. The number of carboxylic acids is 1. The lowest BCUT2D eigenvalue weighted by atomic mass is 10.1. The van der Waals surface area contributed by atoms with Gasteiger partial charge in [-0.15, -0.1) is 0 Å². The summed E-state index contributed by atoms with van der Waals surface area (Å²) in [6.45, 7) is 3.66. The number of rotatable bonds is 4. The van der Waals surface area contributed by atoms with Crippen LogP contribution in [0.3, 0.4) is 0 Å². The van der Waals surface area contributed by atoms with E-state index in [1.807, 2.05) is 30.5 Å². The highest BCUT2D eigenvalue weighted by atomic mass is 79.9. The minimum atomic E-state index is -1.13. The summed E-state index contributed by atoms with van der Waals surface area (Å²) in [5.41, 5.74) is 3.14. The Labute approximate surface area is 213 Å². The minimum Gasteiger partial charge on any atom is -0.478 e. The normalized spacial score (nSPS) is 15.1. The first kappa shape index (κ1) is 23.9. The third-order valence-electron chi connectivity index (χ3n) is 5.38. The van der Waals surface area contributed by atoms with Crippen molar-refractivity contribution in [2.75, 3.05) is 4.90 Å². The average Bonchev–Trinajstić information content (AvgIpc) is 3.04. The van der Waals surface area contributed by atoms with Crippen LogP contribution in [0.5, 0.6) is 0 Å². The Morgan fingerprint density at radius 3 is 2.53 bits per heavy atom. The maximum absolute atomic E-state index is 13.3. The van der Waals surface area contributed by atoms with Crippen molar-refractivity contribution in [1.82, 2.24) is 9.88 Å². The number of amides is 2. The number of carboxylic acid groups (broad SMARTS) is 1. The topological polar surface area (TPSA) is 91.6 Å². The van der Waals surface area contributed by atoms with Gasteiger partial charge in [0.25, 0.3) is 11.8 Å². The number of halogens is 2. The molecule has 2 amide bonds. The second kappa shape index (κ2) is 9.17. The van der Waals surface area contributed by atoms with Crippen LogP contribution in [0.4, 0.5) is 5.69 Å². The van der Waals surface area contributed by atoms with Crippen LogP contribution in [0.15, 0.2) is 58.6 Å². The van der Waals surface area contributed by atoms with Crippen LogP contribution in [0, 0.1) is 13.8 Å². The highest BCUT2D eigenvalue weighted by Gasteiger charge is 2.34. The Morgan fingerprint density at radius 2 is 1.85 bits per heavy atom. The van der Waals surface area contributed by atoms with Gasteiger partial charge in [0.15, 0.2) is 5.11 Å². The van der Waals surface area contributed by atoms with E-state index in [0.717, 1.165) is 10.2 Å². The molecule has 0 spiro atoms. The van der Waals surface area contributed by atoms with Gasteiger partial charge in [0, 0.05) is 21.5 Å². The molecule has 7 nitrogen and oxygen atoms in total. The molecule has 0 saturated carbocycles. The number of aromatic nitrogens is 1. The van der Waals surface area contributed by atoms with E-state index in [4.69, 9.17) is 23.8 Å². The van der Waals surface area contributed by atoms with Crippen molar-refractivity contribution in [2.45, 2.75) is 13.8 Å². The van der Waals surface area contributed by atoms with Crippen molar-refractivity contribution in [3.05, 3.63) is 86.1 Å². The molecule has 10 heteroatoms. The Morgan fingerprint density at radius 1 is 1.12 bits per heavy atom. The largest absolute Gasteiger partial charge is 0.478 e. The molecule has 3 aromatic rings. The van der Waals surface area contributed by atoms with Gasteiger partial charge in [0.05, 0.1) is 16.3 Å². The fourth-order valence-corrected chi connectivity index (χ4v) is 4.68. The van der Waals surface area contributed by atoms with E-state index in [9.17, 15) is 19.5 Å². The average molecular weight is 559 g/mol. The summed E-state index contributed by atoms with van der Waals surface area (Å²) in [5, 5.41) is 12.1. The molecular weight excluding hydrogens is 542 g/mol. The maximum atomic E-state index is 13.3. The summed E-state index contributed by atoms with van der Waals surface area (Å²) in [6.07, 6.45) is 1.51. The lowest BCUT2D eigenvalue weighted by Crippen LogP contribution is -2.54. The summed E-state index contributed by atoms with van der Waals surface area (Å²) in [6, 6.07) is 13.5. The second-order valence-electron chi connectivity index (χ2n) is 7.57. The number of aryl methyl sites for hydroxylation is 1. The number of carbonyl (C=O) groups is 3. The molecular formula is C24H17BrClN3O4S. The van der Waals surface area contributed by atoms with Crippen LogP contribution in [0.25, 0.3) is 11.8 Å². The van der Waals surface area contributed by atoms with Gasteiger partial charge in [-0.25, -0.2) is 4.79 Å². The summed E-state index contributed by atoms with van der Waals surface area (Å²) in [5.74, 6) is -2.27. The van der Waals surface area contributed by atoms with Crippen molar-refractivity contribution in [3.63, 3.8) is 0 Å². The molecule has 0 radical (unpaired) electrons. The Kier molecular flexibility index (Phi) is 6.44. The molecule has 2 heterocycles. The standard InChI is InChI=1S/C24H17BrClN3O4S/c1-12-8-14(13(2)28(12)17-6-7-20(26)18(11-17)23(32)33)9-19-21(30)27-24(34)29(22(19)31)16-5-3-4-15(25)10-16/h3-11H,1-2H3,(H,32,33)(H,27,30,34)/b19-9-. The fourth-order valence-electron chi connectivity index (χ4n) is 3.81. The van der Waals surface area contributed by atoms with Crippen LogP contribution >= 0.6 is 39.7 Å². The molecule has 1 aliphatic rings. The summed E-state index contributed by atoms with van der Waals surface area (Å²) in [7, 11) is 0. The molecule has 0 aliphatic carbocycles. The first-order valence-electron chi connectivity index (χ1n) is 9.97. The lowest BCUT2D eigenvalue weighted by Gasteiger charge is -2.29. The number of carbonyl (C=O) groups excluding carboxylic acids is 2. The molecule has 4 rings (SSSR count). The second-order valence-corrected chi connectivity index (χ2v) is 9.28. The molecule has 2 N–H and O–H groups in total. The lowest BCUT2D eigenvalue weighted by molar-refractivity contribution is -0.122. The van der Waals surface area contributed by atoms with Gasteiger partial charge in [-0.2, -0.15) is 0 Å². The maximum Gasteiger partial charge on any atom is 0.337 e. The van der Waals surface area contributed by atoms with Gasteiger partial charge >= 0.3 is 5.97 Å². The number of anilines is 1. The monoisotopic (exact) mass is 557 g/mol. The number of nitrogens with zero attached hydrogens (tertiary/aromatic N) is 2. The highest BCUT2D eigenvalue weighted by Crippen LogP contribution is 2.28. The summed E-state index contributed by atoms with van der Waals surface area (Å²) < 4.78 is 2.59. The van der Waals surface area contributed by atoms with E-state index in [-0.39, 0.29) is 21.3 Å². The van der Waals surface area contributed by atoms with Gasteiger partial charge in [0.2, 0.25) is 0 Å². The van der Waals surface area contributed by atoms with E-state index >= 15 is 0 Å². The van der Waals surface area contributed by atoms with E-state index in [1.54, 1.807) is 24.3 Å². The van der Waals surface area contributed by atoms with Gasteiger partial charge in [0.1, 0.15) is 5.57 Å². The molecule has 0 atom stereocenters. The number of benzene rings is 2. The molecule has 1 aromatic heterocycles. The summed E-state index contributed by atoms with van der Waals surface area (Å²) in [4.78, 5) is 38.8. The van der Waals surface area contributed by atoms with Gasteiger partial charge < -0.3 is 9.67 Å². The minimum absolute atomic E-state index is 0.00177. The third kappa shape index (κ3) is 4.29. The smallest absolute Gasteiger partial charge is 0.337 e. The first-order chi connectivity index (χ1) is 16.1. The van der Waals surface area contributed by atoms with E-state index in [1.165, 1.54) is 23.1 Å². The number of aromatic carboxylic acids is 1. The quantitative estimate of drug-likeness (QED) is 0.266. The highest BCUT2D eigenvalue weighted by molar-refractivity contribution is 9.10. The van der Waals surface area contributed by atoms with Crippen molar-refractivity contribution in [1.29, 1.82) is 0 Å². The van der Waals surface area contributed by atoms with Crippen LogP contribution in [-0.2, 0) is 9.59 Å².